The highest BCUT2D eigenvalue weighted by atomic mass is 16.5. The van der Waals surface area contributed by atoms with E-state index in [0.717, 1.165) is 0 Å². The van der Waals surface area contributed by atoms with Gasteiger partial charge in [0.15, 0.2) is 0 Å². The van der Waals surface area contributed by atoms with Crippen molar-refractivity contribution < 1.29 is 19.4 Å². The van der Waals surface area contributed by atoms with Gasteiger partial charge in [-0.3, -0.25) is 4.79 Å². The van der Waals surface area contributed by atoms with Crippen LogP contribution in [0.1, 0.15) is 16.8 Å². The fourth-order valence-electron chi connectivity index (χ4n) is 1.20. The van der Waals surface area contributed by atoms with Crippen molar-refractivity contribution in [2.24, 2.45) is 5.73 Å². The predicted molar refractivity (Wildman–Crippen MR) is 66.1 cm³/mol. The zero-order valence-corrected chi connectivity index (χ0v) is 9.78. The Hall–Kier alpha value is -2.14. The molecule has 0 bridgehead atoms. The molecule has 18 heavy (non-hydrogen) atoms. The molecule has 5 nitrogen and oxygen atoms in total. The van der Waals surface area contributed by atoms with E-state index in [1.54, 1.807) is 30.3 Å². The topological polar surface area (TPSA) is 89.6 Å². The minimum absolute atomic E-state index is 0.191. The van der Waals surface area contributed by atoms with Crippen molar-refractivity contribution in [1.82, 2.24) is 0 Å². The van der Waals surface area contributed by atoms with Crippen LogP contribution < -0.4 is 5.73 Å². The summed E-state index contributed by atoms with van der Waals surface area (Å²) in [7, 11) is 0. The predicted octanol–water partition coefficient (Wildman–Crippen LogP) is 1.20. The normalized spacial score (nSPS) is 12.3. The van der Waals surface area contributed by atoms with E-state index in [0.29, 0.717) is 12.0 Å². The highest BCUT2D eigenvalue weighted by molar-refractivity contribution is 5.89. The number of hydrogen-bond donors (Lipinski definition) is 2. The molecule has 1 aromatic rings. The Bertz CT molecular complexity index is 428. The van der Waals surface area contributed by atoms with Crippen LogP contribution in [0.15, 0.2) is 42.5 Å². The van der Waals surface area contributed by atoms with E-state index in [9.17, 15) is 9.59 Å². The van der Waals surface area contributed by atoms with Crippen LogP contribution in [0.2, 0.25) is 0 Å². The Balaban J connectivity index is 2.27. The lowest BCUT2D eigenvalue weighted by atomic mass is 10.2. The summed E-state index contributed by atoms with van der Waals surface area (Å²) in [5, 5.41) is 8.51. The second kappa shape index (κ2) is 7.24. The van der Waals surface area contributed by atoms with E-state index in [-0.39, 0.29) is 6.61 Å². The molecule has 96 valence electrons. The minimum Gasteiger partial charge on any atom is -0.480 e. The molecule has 0 aromatic heterocycles. The van der Waals surface area contributed by atoms with Crippen LogP contribution in [0.5, 0.6) is 0 Å². The van der Waals surface area contributed by atoms with Crippen LogP contribution in [0.4, 0.5) is 0 Å². The SMILES string of the molecule is NC(C=CCCOC(=O)c1ccccc1)C(=O)O. The highest BCUT2D eigenvalue weighted by Gasteiger charge is 2.06. The maximum Gasteiger partial charge on any atom is 0.338 e. The summed E-state index contributed by atoms with van der Waals surface area (Å²) in [6.45, 7) is 0.191. The van der Waals surface area contributed by atoms with Crippen molar-refractivity contribution in [2.45, 2.75) is 12.5 Å². The van der Waals surface area contributed by atoms with E-state index < -0.39 is 18.0 Å². The van der Waals surface area contributed by atoms with E-state index in [1.807, 2.05) is 6.07 Å². The molecule has 0 spiro atoms. The molecular weight excluding hydrogens is 234 g/mol. The lowest BCUT2D eigenvalue weighted by Gasteiger charge is -2.02. The van der Waals surface area contributed by atoms with E-state index in [4.69, 9.17) is 15.6 Å². The van der Waals surface area contributed by atoms with Gasteiger partial charge in [0.25, 0.3) is 0 Å². The third-order valence-electron chi connectivity index (χ3n) is 2.16. The minimum atomic E-state index is -1.09. The van der Waals surface area contributed by atoms with Gasteiger partial charge in [-0.25, -0.2) is 4.79 Å². The van der Waals surface area contributed by atoms with Gasteiger partial charge < -0.3 is 15.6 Å². The number of hydrogen-bond acceptors (Lipinski definition) is 4. The first-order chi connectivity index (χ1) is 8.61. The van der Waals surface area contributed by atoms with E-state index in [1.165, 1.54) is 6.08 Å². The summed E-state index contributed by atoms with van der Waals surface area (Å²) in [4.78, 5) is 21.9. The smallest absolute Gasteiger partial charge is 0.338 e. The number of esters is 1. The van der Waals surface area contributed by atoms with Crippen LogP contribution in [0.3, 0.4) is 0 Å². The van der Waals surface area contributed by atoms with Crippen molar-refractivity contribution >= 4 is 11.9 Å². The van der Waals surface area contributed by atoms with Gasteiger partial charge >= 0.3 is 11.9 Å². The molecule has 0 aliphatic rings. The number of carboxylic acid groups (broad SMARTS) is 1. The summed E-state index contributed by atoms with van der Waals surface area (Å²) in [5.41, 5.74) is 5.75. The summed E-state index contributed by atoms with van der Waals surface area (Å²) >= 11 is 0. The molecule has 1 aromatic carbocycles. The molecular formula is C13H15NO4. The van der Waals surface area contributed by atoms with Gasteiger partial charge in [0.2, 0.25) is 0 Å². The van der Waals surface area contributed by atoms with Gasteiger partial charge in [-0.15, -0.1) is 0 Å². The fourth-order valence-corrected chi connectivity index (χ4v) is 1.20. The van der Waals surface area contributed by atoms with Gasteiger partial charge in [0, 0.05) is 0 Å². The number of carbonyl (C=O) groups excluding carboxylic acids is 1. The highest BCUT2D eigenvalue weighted by Crippen LogP contribution is 2.01. The Morgan fingerprint density at radius 1 is 1.33 bits per heavy atom. The number of rotatable bonds is 6. The third kappa shape index (κ3) is 4.80. The standard InChI is InChI=1S/C13H15NO4/c14-11(12(15)16)8-4-5-9-18-13(17)10-6-2-1-3-7-10/h1-4,6-8,11H,5,9,14H2,(H,15,16). The molecule has 1 atom stereocenters. The van der Waals surface area contributed by atoms with Crippen molar-refractivity contribution in [1.29, 1.82) is 0 Å². The maximum atomic E-state index is 11.5. The molecule has 1 rings (SSSR count). The Morgan fingerprint density at radius 3 is 2.61 bits per heavy atom. The number of carboxylic acids is 1. The summed E-state index contributed by atoms with van der Waals surface area (Å²) in [6.07, 6.45) is 3.37. The zero-order chi connectivity index (χ0) is 13.4. The second-order valence-corrected chi connectivity index (χ2v) is 3.58. The lowest BCUT2D eigenvalue weighted by Crippen LogP contribution is -2.27. The van der Waals surface area contributed by atoms with Gasteiger partial charge in [0.1, 0.15) is 6.04 Å². The third-order valence-corrected chi connectivity index (χ3v) is 2.16. The number of aliphatic carboxylic acids is 1. The van der Waals surface area contributed by atoms with E-state index in [2.05, 4.69) is 0 Å². The summed E-state index contributed by atoms with van der Waals surface area (Å²) in [6, 6.07) is 7.63. The Labute approximate surface area is 105 Å². The molecule has 1 unspecified atom stereocenters. The van der Waals surface area contributed by atoms with Gasteiger partial charge in [-0.2, -0.15) is 0 Å². The van der Waals surface area contributed by atoms with Crippen LogP contribution in [-0.4, -0.2) is 29.7 Å². The summed E-state index contributed by atoms with van der Waals surface area (Å²) < 4.78 is 4.99. The van der Waals surface area contributed by atoms with Crippen molar-refractivity contribution in [3.05, 3.63) is 48.0 Å². The Morgan fingerprint density at radius 2 is 2.00 bits per heavy atom. The van der Waals surface area contributed by atoms with Crippen molar-refractivity contribution in [2.75, 3.05) is 6.61 Å². The van der Waals surface area contributed by atoms with Crippen molar-refractivity contribution in [3.63, 3.8) is 0 Å². The van der Waals surface area contributed by atoms with Crippen LogP contribution >= 0.6 is 0 Å². The molecule has 3 N–H and O–H groups in total. The molecule has 0 saturated heterocycles. The number of benzene rings is 1. The van der Waals surface area contributed by atoms with Crippen LogP contribution in [0, 0.1) is 0 Å². The number of ether oxygens (including phenoxy) is 1. The monoisotopic (exact) mass is 249 g/mol. The van der Waals surface area contributed by atoms with Crippen molar-refractivity contribution in [3.8, 4) is 0 Å². The number of carbonyl (C=O) groups is 2. The van der Waals surface area contributed by atoms with E-state index >= 15 is 0 Å². The fraction of sp³-hybridized carbons (Fsp3) is 0.231. The average Bonchev–Trinajstić information content (AvgIpc) is 2.38. The molecule has 0 saturated carbocycles. The first kappa shape index (κ1) is 13.9. The molecule has 0 aliphatic carbocycles. The lowest BCUT2D eigenvalue weighted by molar-refractivity contribution is -0.137. The van der Waals surface area contributed by atoms with Gasteiger partial charge in [0.05, 0.1) is 12.2 Å². The maximum absolute atomic E-state index is 11.5. The first-order valence-electron chi connectivity index (χ1n) is 5.48. The Kier molecular flexibility index (Phi) is 5.60. The van der Waals surface area contributed by atoms with Gasteiger partial charge in [-0.1, -0.05) is 30.4 Å². The molecule has 5 heteroatoms. The zero-order valence-electron chi connectivity index (χ0n) is 9.78. The average molecular weight is 249 g/mol. The molecule has 0 fully saturated rings. The second-order valence-electron chi connectivity index (χ2n) is 3.58. The molecule has 0 aliphatic heterocycles. The van der Waals surface area contributed by atoms with Crippen LogP contribution in [-0.2, 0) is 9.53 Å². The number of nitrogens with two attached hydrogens (primary N) is 1. The van der Waals surface area contributed by atoms with Gasteiger partial charge in [-0.05, 0) is 18.6 Å². The molecule has 0 amide bonds. The molecule has 0 radical (unpaired) electrons. The first-order valence-corrected chi connectivity index (χ1v) is 5.48. The summed E-state index contributed by atoms with van der Waals surface area (Å²) in [5.74, 6) is -1.49. The largest absolute Gasteiger partial charge is 0.480 e. The quantitative estimate of drug-likeness (QED) is 0.449. The molecule has 0 heterocycles. The van der Waals surface area contributed by atoms with Crippen LogP contribution in [0.25, 0.3) is 0 Å².